The van der Waals surface area contributed by atoms with Gasteiger partial charge in [-0.1, -0.05) is 127 Å². The summed E-state index contributed by atoms with van der Waals surface area (Å²) in [6.07, 6.45) is 2.06. The summed E-state index contributed by atoms with van der Waals surface area (Å²) in [5.74, 6) is 0.0778. The van der Waals surface area contributed by atoms with Crippen LogP contribution in [0.1, 0.15) is 28.2 Å². The molecule has 0 heterocycles. The molecule has 1 atom stereocenters. The molecule has 1 unspecified atom stereocenters. The third-order valence-corrected chi connectivity index (χ3v) is 5.18. The Morgan fingerprint density at radius 2 is 0.897 bits per heavy atom. The average molecular weight is 373 g/mol. The molecule has 0 fully saturated rings. The minimum atomic E-state index is 0.0778. The molecule has 0 aliphatic rings. The van der Waals surface area contributed by atoms with Gasteiger partial charge in [-0.3, -0.25) is 0 Å². The van der Waals surface area contributed by atoms with Crippen LogP contribution < -0.4 is 0 Å². The SMILES string of the molecule is C=CC(C(=C(c1ccccc1)c1ccccc1)c1ccccc1)c1ccccc1. The lowest BCUT2D eigenvalue weighted by atomic mass is 9.80. The Hall–Kier alpha value is -3.64. The highest BCUT2D eigenvalue weighted by atomic mass is 14.2. The quantitative estimate of drug-likeness (QED) is 0.241. The van der Waals surface area contributed by atoms with E-state index in [0.717, 1.165) is 0 Å². The molecule has 0 aliphatic carbocycles. The molecule has 0 aliphatic heterocycles. The fraction of sp³-hybridized carbons (Fsp3) is 0.0345. The van der Waals surface area contributed by atoms with E-state index in [0.29, 0.717) is 0 Å². The van der Waals surface area contributed by atoms with Gasteiger partial charge in [0, 0.05) is 5.92 Å². The van der Waals surface area contributed by atoms with Crippen molar-refractivity contribution in [3.63, 3.8) is 0 Å². The largest absolute Gasteiger partial charge is 0.102 e. The van der Waals surface area contributed by atoms with Crippen LogP contribution in [0, 0.1) is 0 Å². The van der Waals surface area contributed by atoms with Crippen molar-refractivity contribution in [3.05, 3.63) is 156 Å². The molecule has 4 rings (SSSR count). The molecule has 0 aromatic heterocycles. The van der Waals surface area contributed by atoms with Crippen molar-refractivity contribution in [3.8, 4) is 0 Å². The van der Waals surface area contributed by atoms with Crippen molar-refractivity contribution in [1.82, 2.24) is 0 Å². The van der Waals surface area contributed by atoms with Gasteiger partial charge in [0.1, 0.15) is 0 Å². The molecule has 0 spiro atoms. The van der Waals surface area contributed by atoms with E-state index >= 15 is 0 Å². The first-order valence-electron chi connectivity index (χ1n) is 9.96. The van der Waals surface area contributed by atoms with E-state index in [2.05, 4.69) is 134 Å². The van der Waals surface area contributed by atoms with Crippen LogP contribution in [0.3, 0.4) is 0 Å². The maximum atomic E-state index is 4.22. The second-order valence-corrected chi connectivity index (χ2v) is 7.01. The molecule has 0 radical (unpaired) electrons. The third kappa shape index (κ3) is 4.12. The second kappa shape index (κ2) is 9.03. The number of hydrogen-bond donors (Lipinski definition) is 0. The van der Waals surface area contributed by atoms with Gasteiger partial charge in [-0.15, -0.1) is 6.58 Å². The molecule has 0 N–H and O–H groups in total. The maximum absolute atomic E-state index is 4.22. The summed E-state index contributed by atoms with van der Waals surface area (Å²) in [6.45, 7) is 4.22. The lowest BCUT2D eigenvalue weighted by Gasteiger charge is -2.24. The van der Waals surface area contributed by atoms with Crippen LogP contribution >= 0.6 is 0 Å². The van der Waals surface area contributed by atoms with Gasteiger partial charge >= 0.3 is 0 Å². The van der Waals surface area contributed by atoms with Gasteiger partial charge in [-0.05, 0) is 33.4 Å². The monoisotopic (exact) mass is 372 g/mol. The van der Waals surface area contributed by atoms with Gasteiger partial charge in [-0.25, -0.2) is 0 Å². The summed E-state index contributed by atoms with van der Waals surface area (Å²) >= 11 is 0. The predicted octanol–water partition coefficient (Wildman–Crippen LogP) is 7.62. The highest BCUT2D eigenvalue weighted by molar-refractivity contribution is 6.01. The van der Waals surface area contributed by atoms with Crippen LogP contribution in [0.4, 0.5) is 0 Å². The summed E-state index contributed by atoms with van der Waals surface area (Å²) in [5, 5.41) is 0. The number of hydrogen-bond acceptors (Lipinski definition) is 0. The number of allylic oxidation sites excluding steroid dienone is 2. The molecule has 0 amide bonds. The first-order chi connectivity index (χ1) is 14.4. The van der Waals surface area contributed by atoms with Crippen LogP contribution in [-0.4, -0.2) is 0 Å². The van der Waals surface area contributed by atoms with Crippen molar-refractivity contribution >= 4 is 11.1 Å². The third-order valence-electron chi connectivity index (χ3n) is 5.18. The first kappa shape index (κ1) is 18.7. The molecule has 0 bridgehead atoms. The predicted molar refractivity (Wildman–Crippen MR) is 125 cm³/mol. The lowest BCUT2D eigenvalue weighted by molar-refractivity contribution is 1.11. The van der Waals surface area contributed by atoms with Gasteiger partial charge in [-0.2, -0.15) is 0 Å². The van der Waals surface area contributed by atoms with Crippen LogP contribution in [0.2, 0.25) is 0 Å². The minimum absolute atomic E-state index is 0.0778. The second-order valence-electron chi connectivity index (χ2n) is 7.01. The maximum Gasteiger partial charge on any atom is 0.0279 e. The first-order valence-corrected chi connectivity index (χ1v) is 9.96. The standard InChI is InChI=1S/C29H24/c1-2-27(23-15-7-3-8-16-23)29(26-21-13-6-14-22-26)28(24-17-9-4-10-18-24)25-19-11-5-12-20-25/h2-22,27H,1H2. The van der Waals surface area contributed by atoms with Crippen LogP contribution in [0.15, 0.2) is 134 Å². The Kier molecular flexibility index (Phi) is 5.83. The van der Waals surface area contributed by atoms with Crippen molar-refractivity contribution in [2.24, 2.45) is 0 Å². The molecule has 140 valence electrons. The van der Waals surface area contributed by atoms with E-state index in [1.165, 1.54) is 33.4 Å². The fourth-order valence-corrected chi connectivity index (χ4v) is 3.87. The molecule has 0 heteroatoms. The Balaban J connectivity index is 2.08. The zero-order valence-electron chi connectivity index (χ0n) is 16.4. The zero-order chi connectivity index (χ0) is 19.9. The van der Waals surface area contributed by atoms with Crippen LogP contribution in [-0.2, 0) is 0 Å². The molecular formula is C29H24. The summed E-state index contributed by atoms with van der Waals surface area (Å²) in [5.41, 5.74) is 7.38. The van der Waals surface area contributed by atoms with Crippen molar-refractivity contribution in [1.29, 1.82) is 0 Å². The Labute approximate surface area is 173 Å². The summed E-state index contributed by atoms with van der Waals surface area (Å²) < 4.78 is 0. The average Bonchev–Trinajstić information content (AvgIpc) is 2.81. The topological polar surface area (TPSA) is 0 Å². The normalized spacial score (nSPS) is 11.4. The molecule has 0 saturated carbocycles. The van der Waals surface area contributed by atoms with Crippen LogP contribution in [0.25, 0.3) is 11.1 Å². The summed E-state index contributed by atoms with van der Waals surface area (Å²) in [6, 6.07) is 42.6. The van der Waals surface area contributed by atoms with E-state index in [1.807, 2.05) is 0 Å². The lowest BCUT2D eigenvalue weighted by Crippen LogP contribution is -2.04. The van der Waals surface area contributed by atoms with Crippen molar-refractivity contribution in [2.45, 2.75) is 5.92 Å². The minimum Gasteiger partial charge on any atom is -0.102 e. The molecule has 0 nitrogen and oxygen atoms in total. The number of rotatable bonds is 6. The van der Waals surface area contributed by atoms with Crippen LogP contribution in [0.5, 0.6) is 0 Å². The summed E-state index contributed by atoms with van der Waals surface area (Å²) in [7, 11) is 0. The van der Waals surface area contributed by atoms with E-state index in [-0.39, 0.29) is 5.92 Å². The highest BCUT2D eigenvalue weighted by Gasteiger charge is 2.21. The fourth-order valence-electron chi connectivity index (χ4n) is 3.87. The molecular weight excluding hydrogens is 348 g/mol. The highest BCUT2D eigenvalue weighted by Crippen LogP contribution is 2.41. The molecule has 0 saturated heterocycles. The van der Waals surface area contributed by atoms with E-state index in [1.54, 1.807) is 0 Å². The summed E-state index contributed by atoms with van der Waals surface area (Å²) in [4.78, 5) is 0. The smallest absolute Gasteiger partial charge is 0.0279 e. The Bertz CT molecular complexity index is 1030. The van der Waals surface area contributed by atoms with Gasteiger partial charge in [0.25, 0.3) is 0 Å². The molecule has 4 aromatic rings. The Morgan fingerprint density at radius 3 is 1.31 bits per heavy atom. The van der Waals surface area contributed by atoms with E-state index in [4.69, 9.17) is 0 Å². The zero-order valence-corrected chi connectivity index (χ0v) is 16.4. The Morgan fingerprint density at radius 1 is 0.517 bits per heavy atom. The van der Waals surface area contributed by atoms with Gasteiger partial charge in [0.2, 0.25) is 0 Å². The van der Waals surface area contributed by atoms with Gasteiger partial charge < -0.3 is 0 Å². The number of benzene rings is 4. The molecule has 4 aromatic carbocycles. The van der Waals surface area contributed by atoms with Gasteiger partial charge in [0.05, 0.1) is 0 Å². The van der Waals surface area contributed by atoms with Crippen molar-refractivity contribution < 1.29 is 0 Å². The van der Waals surface area contributed by atoms with E-state index in [9.17, 15) is 0 Å². The molecule has 29 heavy (non-hydrogen) atoms. The van der Waals surface area contributed by atoms with Crippen molar-refractivity contribution in [2.75, 3.05) is 0 Å². The van der Waals surface area contributed by atoms with E-state index < -0.39 is 0 Å². The van der Waals surface area contributed by atoms with Gasteiger partial charge in [0.15, 0.2) is 0 Å².